The molecule has 0 heterocycles. The normalized spacial score (nSPS) is 10.9. The summed E-state index contributed by atoms with van der Waals surface area (Å²) in [4.78, 5) is 25.0. The molecule has 1 aromatic rings. The fourth-order valence-corrected chi connectivity index (χ4v) is 2.94. The van der Waals surface area contributed by atoms with Gasteiger partial charge in [0, 0.05) is 27.7 Å². The molecule has 1 rings (SSSR count). The molecule has 0 fully saturated rings. The van der Waals surface area contributed by atoms with Gasteiger partial charge < -0.3 is 14.4 Å². The zero-order valence-corrected chi connectivity index (χ0v) is 15.9. The zero-order valence-electron chi connectivity index (χ0n) is 15.1. The smallest absolute Gasteiger partial charge is 0.338 e. The van der Waals surface area contributed by atoms with Gasteiger partial charge in [0.15, 0.2) is 6.61 Å². The van der Waals surface area contributed by atoms with Gasteiger partial charge in [-0.3, -0.25) is 4.79 Å². The first-order chi connectivity index (χ1) is 12.1. The van der Waals surface area contributed by atoms with Crippen molar-refractivity contribution in [3.8, 4) is 11.8 Å². The van der Waals surface area contributed by atoms with E-state index >= 15 is 0 Å². The summed E-state index contributed by atoms with van der Waals surface area (Å²) in [7, 11) is 1.68. The van der Waals surface area contributed by atoms with Crippen molar-refractivity contribution in [2.24, 2.45) is 0 Å². The van der Waals surface area contributed by atoms with Crippen molar-refractivity contribution in [3.63, 3.8) is 0 Å². The van der Waals surface area contributed by atoms with Crippen LogP contribution in [0.4, 0.5) is 0 Å². The molecule has 0 aromatic heterocycles. The molecule has 0 spiro atoms. The number of sulfonamides is 1. The molecule has 0 aliphatic carbocycles. The summed E-state index contributed by atoms with van der Waals surface area (Å²) in [5.41, 5.74) is -0.0290. The van der Waals surface area contributed by atoms with Crippen LogP contribution in [-0.2, 0) is 19.6 Å². The van der Waals surface area contributed by atoms with Gasteiger partial charge in [0.1, 0.15) is 10.6 Å². The standard InChI is InChI=1S/C16H21N3O6S/c1-18(2)26(22,23)14-10-12(6-7-13(14)24-4)16(21)25-11-15(20)19(3)9-5-8-17/h6-7,10H,5,9,11H2,1-4H3. The average molecular weight is 383 g/mol. The molecule has 0 aliphatic rings. The highest BCUT2D eigenvalue weighted by atomic mass is 32.2. The molecule has 0 saturated carbocycles. The first-order valence-corrected chi connectivity index (χ1v) is 8.97. The monoisotopic (exact) mass is 383 g/mol. The van der Waals surface area contributed by atoms with Crippen molar-refractivity contribution in [1.82, 2.24) is 9.21 Å². The van der Waals surface area contributed by atoms with Crippen LogP contribution < -0.4 is 4.74 Å². The van der Waals surface area contributed by atoms with Gasteiger partial charge in [0.2, 0.25) is 10.0 Å². The minimum atomic E-state index is -3.84. The molecule has 0 saturated heterocycles. The quantitative estimate of drug-likeness (QED) is 0.599. The van der Waals surface area contributed by atoms with E-state index in [0.717, 1.165) is 10.4 Å². The van der Waals surface area contributed by atoms with E-state index in [0.29, 0.717) is 0 Å². The molecule has 0 aliphatic heterocycles. The molecule has 1 aromatic carbocycles. The zero-order chi connectivity index (χ0) is 19.9. The second-order valence-electron chi connectivity index (χ2n) is 5.45. The van der Waals surface area contributed by atoms with Crippen LogP contribution in [-0.4, -0.2) is 70.9 Å². The Hall–Kier alpha value is -2.64. The van der Waals surface area contributed by atoms with Gasteiger partial charge in [0.05, 0.1) is 25.2 Å². The third-order valence-corrected chi connectivity index (χ3v) is 5.31. The molecular formula is C16H21N3O6S. The lowest BCUT2D eigenvalue weighted by atomic mass is 10.2. The molecule has 26 heavy (non-hydrogen) atoms. The number of nitrogens with zero attached hydrogens (tertiary/aromatic N) is 3. The van der Waals surface area contributed by atoms with Gasteiger partial charge in [-0.05, 0) is 18.2 Å². The van der Waals surface area contributed by atoms with E-state index in [1.165, 1.54) is 45.3 Å². The van der Waals surface area contributed by atoms with Crippen molar-refractivity contribution in [3.05, 3.63) is 23.8 Å². The van der Waals surface area contributed by atoms with E-state index in [2.05, 4.69) is 0 Å². The lowest BCUT2D eigenvalue weighted by Crippen LogP contribution is -2.32. The Labute approximate surface area is 152 Å². The number of carbonyl (C=O) groups excluding carboxylic acids is 2. The van der Waals surface area contributed by atoms with Gasteiger partial charge in [-0.25, -0.2) is 17.5 Å². The van der Waals surface area contributed by atoms with Gasteiger partial charge in [-0.15, -0.1) is 0 Å². The van der Waals surface area contributed by atoms with Crippen molar-refractivity contribution >= 4 is 21.9 Å². The summed E-state index contributed by atoms with van der Waals surface area (Å²) >= 11 is 0. The fourth-order valence-electron chi connectivity index (χ4n) is 1.87. The fraction of sp³-hybridized carbons (Fsp3) is 0.438. The number of nitriles is 1. The summed E-state index contributed by atoms with van der Waals surface area (Å²) in [6.07, 6.45) is 0.167. The lowest BCUT2D eigenvalue weighted by Gasteiger charge is -2.16. The van der Waals surface area contributed by atoms with Gasteiger partial charge in [-0.2, -0.15) is 5.26 Å². The van der Waals surface area contributed by atoms with Crippen LogP contribution in [0, 0.1) is 11.3 Å². The number of esters is 1. The van der Waals surface area contributed by atoms with Crippen LogP contribution in [0.1, 0.15) is 16.8 Å². The number of benzene rings is 1. The van der Waals surface area contributed by atoms with E-state index < -0.39 is 28.5 Å². The summed E-state index contributed by atoms with van der Waals surface area (Å²) in [6.45, 7) is -0.288. The maximum atomic E-state index is 12.3. The maximum absolute atomic E-state index is 12.3. The molecule has 0 atom stereocenters. The van der Waals surface area contributed by atoms with Crippen LogP contribution >= 0.6 is 0 Å². The highest BCUT2D eigenvalue weighted by Crippen LogP contribution is 2.27. The maximum Gasteiger partial charge on any atom is 0.338 e. The summed E-state index contributed by atoms with van der Waals surface area (Å²) < 4.78 is 35.7. The van der Waals surface area contributed by atoms with E-state index in [-0.39, 0.29) is 29.2 Å². The van der Waals surface area contributed by atoms with E-state index in [1.807, 2.05) is 6.07 Å². The highest BCUT2D eigenvalue weighted by molar-refractivity contribution is 7.89. The number of hydrogen-bond donors (Lipinski definition) is 0. The first kappa shape index (κ1) is 21.4. The number of ether oxygens (including phenoxy) is 2. The average Bonchev–Trinajstić information content (AvgIpc) is 2.62. The number of hydrogen-bond acceptors (Lipinski definition) is 7. The van der Waals surface area contributed by atoms with Crippen LogP contribution in [0.2, 0.25) is 0 Å². The predicted octanol–water partition coefficient (Wildman–Crippen LogP) is 0.474. The number of methoxy groups -OCH3 is 1. The Kier molecular flexibility index (Phi) is 7.55. The second kappa shape index (κ2) is 9.17. The molecule has 0 unspecified atom stereocenters. The summed E-state index contributed by atoms with van der Waals surface area (Å²) in [6, 6.07) is 5.74. The largest absolute Gasteiger partial charge is 0.495 e. The third kappa shape index (κ3) is 5.18. The second-order valence-corrected chi connectivity index (χ2v) is 7.57. The predicted molar refractivity (Wildman–Crippen MR) is 92.0 cm³/mol. The van der Waals surface area contributed by atoms with E-state index in [4.69, 9.17) is 14.7 Å². The minimum Gasteiger partial charge on any atom is -0.495 e. The summed E-state index contributed by atoms with van der Waals surface area (Å²) in [5.74, 6) is -1.23. The van der Waals surface area contributed by atoms with E-state index in [9.17, 15) is 18.0 Å². The van der Waals surface area contributed by atoms with Crippen LogP contribution in [0.5, 0.6) is 5.75 Å². The number of rotatable bonds is 8. The van der Waals surface area contributed by atoms with Gasteiger partial charge in [0.25, 0.3) is 5.91 Å². The Bertz CT molecular complexity index is 814. The van der Waals surface area contributed by atoms with Crippen LogP contribution in [0.25, 0.3) is 0 Å². The Morgan fingerprint density at radius 1 is 1.23 bits per heavy atom. The minimum absolute atomic E-state index is 0.0290. The molecule has 0 bridgehead atoms. The molecular weight excluding hydrogens is 362 g/mol. The van der Waals surface area contributed by atoms with Gasteiger partial charge >= 0.3 is 5.97 Å². The molecule has 0 radical (unpaired) electrons. The van der Waals surface area contributed by atoms with Crippen LogP contribution in [0.3, 0.4) is 0 Å². The highest BCUT2D eigenvalue weighted by Gasteiger charge is 2.24. The Morgan fingerprint density at radius 2 is 1.88 bits per heavy atom. The van der Waals surface area contributed by atoms with Crippen LogP contribution in [0.15, 0.2) is 23.1 Å². The molecule has 9 nitrogen and oxygen atoms in total. The number of likely N-dealkylation sites (N-methyl/N-ethyl adjacent to an activating group) is 1. The Balaban J connectivity index is 2.95. The summed E-state index contributed by atoms with van der Waals surface area (Å²) in [5, 5.41) is 8.50. The van der Waals surface area contributed by atoms with E-state index in [1.54, 1.807) is 0 Å². The number of carbonyl (C=O) groups is 2. The molecule has 142 valence electrons. The first-order valence-electron chi connectivity index (χ1n) is 7.53. The van der Waals surface area contributed by atoms with Crippen molar-refractivity contribution in [1.29, 1.82) is 5.26 Å². The lowest BCUT2D eigenvalue weighted by molar-refractivity contribution is -0.133. The number of amides is 1. The molecule has 0 N–H and O–H groups in total. The molecule has 1 amide bonds. The SMILES string of the molecule is COc1ccc(C(=O)OCC(=O)N(C)CCC#N)cc1S(=O)(=O)N(C)C. The van der Waals surface area contributed by atoms with Crippen molar-refractivity contribution < 1.29 is 27.5 Å². The van der Waals surface area contributed by atoms with Crippen molar-refractivity contribution in [2.75, 3.05) is 41.4 Å². The third-order valence-electron chi connectivity index (χ3n) is 3.47. The van der Waals surface area contributed by atoms with Crippen molar-refractivity contribution in [2.45, 2.75) is 11.3 Å². The topological polar surface area (TPSA) is 117 Å². The Morgan fingerprint density at radius 3 is 2.42 bits per heavy atom. The van der Waals surface area contributed by atoms with Gasteiger partial charge in [-0.1, -0.05) is 0 Å². The molecule has 10 heteroatoms.